The van der Waals surface area contributed by atoms with Crippen molar-refractivity contribution in [1.82, 2.24) is 0 Å². The molecule has 1 aromatic rings. The molecular weight excluding hydrogens is 256 g/mol. The number of hydrogen-bond acceptors (Lipinski definition) is 2. The average molecular weight is 281 g/mol. The Kier molecular flexibility index (Phi) is 5.53. The van der Waals surface area contributed by atoms with Gasteiger partial charge in [-0.3, -0.25) is 0 Å². The maximum absolute atomic E-state index is 6.38. The number of halogens is 1. The van der Waals surface area contributed by atoms with Gasteiger partial charge in [0.1, 0.15) is 0 Å². The lowest BCUT2D eigenvalue weighted by molar-refractivity contribution is 0.556. The summed E-state index contributed by atoms with van der Waals surface area (Å²) in [7, 11) is 0. The summed E-state index contributed by atoms with van der Waals surface area (Å²) in [5, 5.41) is 0.858. The average Bonchev–Trinajstić information content (AvgIpc) is 2.31. The van der Waals surface area contributed by atoms with Gasteiger partial charge < -0.3 is 10.6 Å². The van der Waals surface area contributed by atoms with Crippen molar-refractivity contribution in [1.29, 1.82) is 0 Å². The highest BCUT2D eigenvalue weighted by atomic mass is 35.5. The van der Waals surface area contributed by atoms with Gasteiger partial charge in [-0.25, -0.2) is 0 Å². The van der Waals surface area contributed by atoms with Crippen molar-refractivity contribution in [2.75, 3.05) is 18.0 Å². The minimum Gasteiger partial charge on any atom is -0.371 e. The summed E-state index contributed by atoms with van der Waals surface area (Å²) >= 11 is 6.38. The second-order valence-corrected chi connectivity index (χ2v) is 6.12. The molecule has 1 fully saturated rings. The molecule has 1 unspecified atom stereocenters. The van der Waals surface area contributed by atoms with E-state index < -0.39 is 0 Å². The van der Waals surface area contributed by atoms with Crippen LogP contribution in [0.5, 0.6) is 0 Å². The highest BCUT2D eigenvalue weighted by molar-refractivity contribution is 6.31. The first kappa shape index (κ1) is 14.7. The molecule has 1 saturated heterocycles. The van der Waals surface area contributed by atoms with E-state index >= 15 is 0 Å². The molecule has 0 aliphatic carbocycles. The van der Waals surface area contributed by atoms with Gasteiger partial charge in [-0.15, -0.1) is 0 Å². The van der Waals surface area contributed by atoms with Crippen LogP contribution in [0, 0.1) is 0 Å². The summed E-state index contributed by atoms with van der Waals surface area (Å²) in [6.45, 7) is 4.33. The van der Waals surface area contributed by atoms with Gasteiger partial charge in [0.15, 0.2) is 0 Å². The largest absolute Gasteiger partial charge is 0.371 e. The smallest absolute Gasteiger partial charge is 0.0459 e. The van der Waals surface area contributed by atoms with Crippen LogP contribution in [0.15, 0.2) is 18.2 Å². The maximum Gasteiger partial charge on any atom is 0.0459 e. The van der Waals surface area contributed by atoms with Crippen LogP contribution in [0.3, 0.4) is 0 Å². The van der Waals surface area contributed by atoms with E-state index in [9.17, 15) is 0 Å². The van der Waals surface area contributed by atoms with Crippen molar-refractivity contribution < 1.29 is 0 Å². The zero-order valence-corrected chi connectivity index (χ0v) is 12.6. The lowest BCUT2D eigenvalue weighted by Crippen LogP contribution is -2.27. The summed E-state index contributed by atoms with van der Waals surface area (Å²) in [6, 6.07) is 6.61. The van der Waals surface area contributed by atoms with Crippen molar-refractivity contribution in [3.8, 4) is 0 Å². The zero-order chi connectivity index (χ0) is 13.7. The molecule has 2 N–H and O–H groups in total. The Morgan fingerprint density at radius 1 is 1.16 bits per heavy atom. The number of hydrogen-bond donors (Lipinski definition) is 1. The minimum absolute atomic E-state index is 0.157. The third-order valence-electron chi connectivity index (χ3n) is 3.80. The highest BCUT2D eigenvalue weighted by Gasteiger charge is 2.11. The first-order valence-corrected chi connectivity index (χ1v) is 7.83. The standard InChI is InChI=1S/C16H25ClN2/c1-13(18)11-14-7-8-15(12-16(14)17)19-9-5-3-2-4-6-10-19/h7-8,12-13H,2-6,9-11,18H2,1H3. The Bertz CT molecular complexity index is 396. The lowest BCUT2D eigenvalue weighted by Gasteiger charge is -2.27. The molecule has 1 aromatic carbocycles. The first-order chi connectivity index (χ1) is 9.16. The summed E-state index contributed by atoms with van der Waals surface area (Å²) in [5.41, 5.74) is 8.27. The molecular formula is C16H25ClN2. The summed E-state index contributed by atoms with van der Waals surface area (Å²) < 4.78 is 0. The van der Waals surface area contributed by atoms with Crippen molar-refractivity contribution in [3.63, 3.8) is 0 Å². The van der Waals surface area contributed by atoms with Crippen LogP contribution in [0.25, 0.3) is 0 Å². The van der Waals surface area contributed by atoms with Crippen LogP contribution in [0.4, 0.5) is 5.69 Å². The van der Waals surface area contributed by atoms with Gasteiger partial charge in [0.25, 0.3) is 0 Å². The van der Waals surface area contributed by atoms with Gasteiger partial charge >= 0.3 is 0 Å². The van der Waals surface area contributed by atoms with E-state index in [4.69, 9.17) is 17.3 Å². The van der Waals surface area contributed by atoms with E-state index in [0.717, 1.165) is 30.1 Å². The molecule has 0 radical (unpaired) electrons. The number of rotatable bonds is 3. The van der Waals surface area contributed by atoms with E-state index in [1.165, 1.54) is 37.8 Å². The fourth-order valence-corrected chi connectivity index (χ4v) is 3.00. The van der Waals surface area contributed by atoms with Crippen molar-refractivity contribution in [2.24, 2.45) is 5.73 Å². The minimum atomic E-state index is 0.157. The van der Waals surface area contributed by atoms with Crippen molar-refractivity contribution in [3.05, 3.63) is 28.8 Å². The van der Waals surface area contributed by atoms with Crippen LogP contribution in [0.2, 0.25) is 5.02 Å². The van der Waals surface area contributed by atoms with Gasteiger partial charge in [0.2, 0.25) is 0 Å². The van der Waals surface area contributed by atoms with E-state index in [0.29, 0.717) is 0 Å². The molecule has 1 heterocycles. The van der Waals surface area contributed by atoms with Gasteiger partial charge in [-0.05, 0) is 43.9 Å². The monoisotopic (exact) mass is 280 g/mol. The molecule has 1 atom stereocenters. The molecule has 2 rings (SSSR count). The quantitative estimate of drug-likeness (QED) is 0.907. The zero-order valence-electron chi connectivity index (χ0n) is 11.9. The summed E-state index contributed by atoms with van der Waals surface area (Å²) in [6.07, 6.45) is 7.53. The normalized spacial score (nSPS) is 18.8. The Labute approximate surface area is 121 Å². The Balaban J connectivity index is 2.08. The Morgan fingerprint density at radius 3 is 2.37 bits per heavy atom. The molecule has 1 aliphatic heterocycles. The predicted molar refractivity (Wildman–Crippen MR) is 84.1 cm³/mol. The predicted octanol–water partition coefficient (Wildman–Crippen LogP) is 4.00. The van der Waals surface area contributed by atoms with Crippen molar-refractivity contribution >= 4 is 17.3 Å². The molecule has 3 heteroatoms. The molecule has 0 amide bonds. The van der Waals surface area contributed by atoms with Crippen LogP contribution in [-0.2, 0) is 6.42 Å². The molecule has 19 heavy (non-hydrogen) atoms. The van der Waals surface area contributed by atoms with E-state index in [-0.39, 0.29) is 6.04 Å². The second kappa shape index (κ2) is 7.16. The fourth-order valence-electron chi connectivity index (χ4n) is 2.75. The molecule has 0 bridgehead atoms. The van der Waals surface area contributed by atoms with E-state index in [1.54, 1.807) is 0 Å². The number of nitrogens with zero attached hydrogens (tertiary/aromatic N) is 1. The number of benzene rings is 1. The maximum atomic E-state index is 6.38. The van der Waals surface area contributed by atoms with E-state index in [2.05, 4.69) is 23.1 Å². The van der Waals surface area contributed by atoms with Gasteiger partial charge in [0, 0.05) is 29.8 Å². The first-order valence-electron chi connectivity index (χ1n) is 7.46. The molecule has 0 aromatic heterocycles. The van der Waals surface area contributed by atoms with Crippen LogP contribution in [0.1, 0.15) is 44.6 Å². The third-order valence-corrected chi connectivity index (χ3v) is 4.15. The number of anilines is 1. The molecule has 1 aliphatic rings. The second-order valence-electron chi connectivity index (χ2n) is 5.71. The van der Waals surface area contributed by atoms with Crippen LogP contribution >= 0.6 is 11.6 Å². The number of nitrogens with two attached hydrogens (primary N) is 1. The van der Waals surface area contributed by atoms with Crippen LogP contribution < -0.4 is 10.6 Å². The van der Waals surface area contributed by atoms with Crippen LogP contribution in [-0.4, -0.2) is 19.1 Å². The van der Waals surface area contributed by atoms with E-state index in [1.807, 2.05) is 6.92 Å². The summed E-state index contributed by atoms with van der Waals surface area (Å²) in [5.74, 6) is 0. The molecule has 0 saturated carbocycles. The molecule has 2 nitrogen and oxygen atoms in total. The Morgan fingerprint density at radius 2 is 1.79 bits per heavy atom. The van der Waals surface area contributed by atoms with Crippen molar-refractivity contribution in [2.45, 2.75) is 51.5 Å². The Hall–Kier alpha value is -0.730. The van der Waals surface area contributed by atoms with Gasteiger partial charge in [-0.2, -0.15) is 0 Å². The molecule has 0 spiro atoms. The summed E-state index contributed by atoms with van der Waals surface area (Å²) in [4.78, 5) is 2.47. The SMILES string of the molecule is CC(N)Cc1ccc(N2CCCCCCC2)cc1Cl. The fraction of sp³-hybridized carbons (Fsp3) is 0.625. The topological polar surface area (TPSA) is 29.3 Å². The third kappa shape index (κ3) is 4.39. The highest BCUT2D eigenvalue weighted by Crippen LogP contribution is 2.26. The lowest BCUT2D eigenvalue weighted by atomic mass is 10.1. The van der Waals surface area contributed by atoms with Gasteiger partial charge in [0.05, 0.1) is 0 Å². The van der Waals surface area contributed by atoms with Gasteiger partial charge in [-0.1, -0.05) is 36.9 Å². The molecule has 106 valence electrons.